The number of likely N-dealkylation sites (N-methyl/N-ethyl adjacent to an activating group) is 1. The molecule has 0 aliphatic carbocycles. The van der Waals surface area contributed by atoms with Crippen molar-refractivity contribution in [3.8, 4) is 16.9 Å². The van der Waals surface area contributed by atoms with Crippen LogP contribution in [0.4, 0.5) is 4.39 Å². The molecule has 6 heteroatoms. The largest absolute Gasteiger partial charge is 0.490 e. The van der Waals surface area contributed by atoms with Crippen LogP contribution in [0, 0.1) is 5.82 Å². The third kappa shape index (κ3) is 6.80. The fourth-order valence-electron chi connectivity index (χ4n) is 5.69. The van der Waals surface area contributed by atoms with Crippen LogP contribution in [-0.2, 0) is 6.54 Å². The number of nitrogens with zero attached hydrogens (tertiary/aromatic N) is 2. The molecular formula is C32H38FN3O2. The van der Waals surface area contributed by atoms with Gasteiger partial charge in [-0.3, -0.25) is 14.6 Å². The third-order valence-electron chi connectivity index (χ3n) is 7.85. The molecule has 200 valence electrons. The number of halogens is 1. The van der Waals surface area contributed by atoms with Crippen molar-refractivity contribution in [1.29, 1.82) is 0 Å². The fraction of sp³-hybridized carbons (Fsp3) is 0.406. The van der Waals surface area contributed by atoms with Gasteiger partial charge in [-0.2, -0.15) is 0 Å². The number of carbonyl (C=O) groups excluding carboxylic acids is 1. The van der Waals surface area contributed by atoms with E-state index in [1.807, 2.05) is 36.4 Å². The van der Waals surface area contributed by atoms with Crippen molar-refractivity contribution in [2.24, 2.45) is 0 Å². The minimum absolute atomic E-state index is 0.0314. The molecule has 2 heterocycles. The van der Waals surface area contributed by atoms with Crippen LogP contribution >= 0.6 is 0 Å². The predicted octanol–water partition coefficient (Wildman–Crippen LogP) is 5.75. The highest BCUT2D eigenvalue weighted by atomic mass is 19.1. The lowest BCUT2D eigenvalue weighted by Gasteiger charge is -2.32. The van der Waals surface area contributed by atoms with Crippen molar-refractivity contribution in [1.82, 2.24) is 15.1 Å². The zero-order chi connectivity index (χ0) is 26.3. The van der Waals surface area contributed by atoms with E-state index in [0.29, 0.717) is 18.2 Å². The minimum Gasteiger partial charge on any atom is -0.490 e. The Balaban J connectivity index is 1.10. The second-order valence-electron chi connectivity index (χ2n) is 10.5. The second kappa shape index (κ2) is 12.5. The molecule has 2 aliphatic rings. The summed E-state index contributed by atoms with van der Waals surface area (Å²) in [5, 5.41) is 3.12. The topological polar surface area (TPSA) is 44.8 Å². The van der Waals surface area contributed by atoms with Gasteiger partial charge in [-0.05, 0) is 91.9 Å². The van der Waals surface area contributed by atoms with Crippen LogP contribution in [0.3, 0.4) is 0 Å². The number of benzene rings is 3. The Morgan fingerprint density at radius 2 is 1.74 bits per heavy atom. The van der Waals surface area contributed by atoms with Crippen LogP contribution in [0.25, 0.3) is 11.1 Å². The Hall–Kier alpha value is -3.22. The van der Waals surface area contributed by atoms with Crippen LogP contribution in [0.2, 0.25) is 0 Å². The van der Waals surface area contributed by atoms with Crippen LogP contribution in [0.5, 0.6) is 5.75 Å². The summed E-state index contributed by atoms with van der Waals surface area (Å²) in [6.07, 6.45) is 4.39. The van der Waals surface area contributed by atoms with E-state index in [1.165, 1.54) is 24.1 Å². The number of piperidine rings is 1. The highest BCUT2D eigenvalue weighted by Crippen LogP contribution is 2.24. The standard InChI is InChI=1S/C32H38FN3O2/c1-2-36-17-5-9-29(36)22-34-32(37)27-8-4-10-31(21-27)38-30-15-18-35(19-16-30)23-24-6-3-7-26(20-24)25-11-13-28(33)14-12-25/h3-4,6-8,10-14,20-21,29-30H,2,5,9,15-19,22-23H2,1H3,(H,34,37)/t29-/m1/s1. The van der Waals surface area contributed by atoms with E-state index in [9.17, 15) is 9.18 Å². The van der Waals surface area contributed by atoms with Gasteiger partial charge in [0.1, 0.15) is 17.7 Å². The van der Waals surface area contributed by atoms with Crippen molar-refractivity contribution in [3.63, 3.8) is 0 Å². The van der Waals surface area contributed by atoms with E-state index in [4.69, 9.17) is 4.74 Å². The molecule has 0 bridgehead atoms. The molecule has 1 amide bonds. The number of likely N-dealkylation sites (tertiary alicyclic amines) is 2. The summed E-state index contributed by atoms with van der Waals surface area (Å²) in [6, 6.07) is 23.2. The van der Waals surface area contributed by atoms with Gasteiger partial charge in [0, 0.05) is 37.8 Å². The molecule has 38 heavy (non-hydrogen) atoms. The first-order chi connectivity index (χ1) is 18.6. The van der Waals surface area contributed by atoms with Gasteiger partial charge in [0.15, 0.2) is 0 Å². The summed E-state index contributed by atoms with van der Waals surface area (Å²) in [6.45, 7) is 7.84. The summed E-state index contributed by atoms with van der Waals surface area (Å²) in [5.41, 5.74) is 4.04. The summed E-state index contributed by atoms with van der Waals surface area (Å²) < 4.78 is 19.6. The summed E-state index contributed by atoms with van der Waals surface area (Å²) in [4.78, 5) is 17.7. The number of amides is 1. The molecule has 0 spiro atoms. The van der Waals surface area contributed by atoms with Crippen molar-refractivity contribution in [2.45, 2.75) is 51.3 Å². The summed E-state index contributed by atoms with van der Waals surface area (Å²) >= 11 is 0. The minimum atomic E-state index is -0.215. The molecule has 2 aliphatic heterocycles. The second-order valence-corrected chi connectivity index (χ2v) is 10.5. The van der Waals surface area contributed by atoms with Crippen molar-refractivity contribution >= 4 is 5.91 Å². The molecule has 2 fully saturated rings. The highest BCUT2D eigenvalue weighted by molar-refractivity contribution is 5.94. The Bertz CT molecular complexity index is 1210. The molecule has 3 aromatic rings. The maximum absolute atomic E-state index is 13.3. The zero-order valence-corrected chi connectivity index (χ0v) is 22.2. The maximum atomic E-state index is 13.3. The monoisotopic (exact) mass is 515 g/mol. The van der Waals surface area contributed by atoms with E-state index in [1.54, 1.807) is 0 Å². The molecule has 3 aromatic carbocycles. The Labute approximate surface area is 225 Å². The van der Waals surface area contributed by atoms with Crippen LogP contribution < -0.4 is 10.1 Å². The first-order valence-electron chi connectivity index (χ1n) is 13.9. The smallest absolute Gasteiger partial charge is 0.251 e. The number of hydrogen-bond acceptors (Lipinski definition) is 4. The first-order valence-corrected chi connectivity index (χ1v) is 13.9. The Morgan fingerprint density at radius 3 is 2.53 bits per heavy atom. The summed E-state index contributed by atoms with van der Waals surface area (Å²) in [7, 11) is 0. The van der Waals surface area contributed by atoms with E-state index in [2.05, 4.69) is 46.3 Å². The molecule has 0 radical (unpaired) electrons. The first kappa shape index (κ1) is 26.4. The molecule has 5 nitrogen and oxygen atoms in total. The average Bonchev–Trinajstić information content (AvgIpc) is 3.41. The van der Waals surface area contributed by atoms with Gasteiger partial charge in [-0.15, -0.1) is 0 Å². The van der Waals surface area contributed by atoms with Gasteiger partial charge < -0.3 is 10.1 Å². The lowest BCUT2D eigenvalue weighted by atomic mass is 10.0. The Kier molecular flexibility index (Phi) is 8.72. The van der Waals surface area contributed by atoms with Gasteiger partial charge in [0.25, 0.3) is 5.91 Å². The lowest BCUT2D eigenvalue weighted by molar-refractivity contribution is 0.0928. The normalized spacial score (nSPS) is 18.9. The predicted molar refractivity (Wildman–Crippen MR) is 150 cm³/mol. The molecule has 1 atom stereocenters. The van der Waals surface area contributed by atoms with Crippen molar-refractivity contribution < 1.29 is 13.9 Å². The van der Waals surface area contributed by atoms with Gasteiger partial charge >= 0.3 is 0 Å². The quantitative estimate of drug-likeness (QED) is 0.394. The van der Waals surface area contributed by atoms with E-state index in [0.717, 1.165) is 68.9 Å². The molecule has 5 rings (SSSR count). The van der Waals surface area contributed by atoms with Crippen molar-refractivity contribution in [2.75, 3.05) is 32.7 Å². The van der Waals surface area contributed by atoms with E-state index in [-0.39, 0.29) is 17.8 Å². The fourth-order valence-corrected chi connectivity index (χ4v) is 5.69. The number of hydrogen-bond donors (Lipinski definition) is 1. The van der Waals surface area contributed by atoms with Crippen LogP contribution in [-0.4, -0.2) is 60.6 Å². The number of carbonyl (C=O) groups is 1. The molecule has 0 unspecified atom stereocenters. The molecule has 0 saturated carbocycles. The van der Waals surface area contributed by atoms with Crippen LogP contribution in [0.1, 0.15) is 48.5 Å². The highest BCUT2D eigenvalue weighted by Gasteiger charge is 2.24. The number of rotatable bonds is 9. The SMILES string of the molecule is CCN1CCC[C@@H]1CNC(=O)c1cccc(OC2CCN(Cc3cccc(-c4ccc(F)cc4)c3)CC2)c1. The van der Waals surface area contributed by atoms with Gasteiger partial charge in [0.05, 0.1) is 0 Å². The zero-order valence-electron chi connectivity index (χ0n) is 22.2. The maximum Gasteiger partial charge on any atom is 0.251 e. The van der Waals surface area contributed by atoms with Gasteiger partial charge in [-0.1, -0.05) is 43.3 Å². The lowest BCUT2D eigenvalue weighted by Crippen LogP contribution is -2.40. The number of nitrogens with one attached hydrogen (secondary N) is 1. The molecule has 2 saturated heterocycles. The summed E-state index contributed by atoms with van der Waals surface area (Å²) in [5.74, 6) is 0.517. The van der Waals surface area contributed by atoms with Gasteiger partial charge in [0.2, 0.25) is 0 Å². The average molecular weight is 516 g/mol. The van der Waals surface area contributed by atoms with E-state index < -0.39 is 0 Å². The molecule has 1 N–H and O–H groups in total. The van der Waals surface area contributed by atoms with E-state index >= 15 is 0 Å². The Morgan fingerprint density at radius 1 is 0.947 bits per heavy atom. The molecular weight excluding hydrogens is 477 g/mol. The number of ether oxygens (including phenoxy) is 1. The third-order valence-corrected chi connectivity index (χ3v) is 7.85. The van der Waals surface area contributed by atoms with Gasteiger partial charge in [-0.25, -0.2) is 4.39 Å². The van der Waals surface area contributed by atoms with Crippen LogP contribution in [0.15, 0.2) is 72.8 Å². The van der Waals surface area contributed by atoms with Crippen molar-refractivity contribution in [3.05, 3.63) is 89.7 Å². The molecule has 0 aromatic heterocycles.